The van der Waals surface area contributed by atoms with Gasteiger partial charge in [0.15, 0.2) is 0 Å². The minimum atomic E-state index is -0.638. The Balaban J connectivity index is 1.27. The van der Waals surface area contributed by atoms with E-state index in [2.05, 4.69) is 62.0 Å². The van der Waals surface area contributed by atoms with E-state index >= 15 is 0 Å². The number of nitrogens with one attached hydrogen (secondary N) is 3. The van der Waals surface area contributed by atoms with Crippen LogP contribution in [-0.4, -0.2) is 50.1 Å². The molecule has 1 aliphatic heterocycles. The Morgan fingerprint density at radius 2 is 1.86 bits per heavy atom. The van der Waals surface area contributed by atoms with Gasteiger partial charge in [0.2, 0.25) is 0 Å². The van der Waals surface area contributed by atoms with Crippen molar-refractivity contribution >= 4 is 29.3 Å². The van der Waals surface area contributed by atoms with E-state index in [-0.39, 0.29) is 11.6 Å². The van der Waals surface area contributed by atoms with Crippen molar-refractivity contribution < 1.29 is 9.59 Å². The van der Waals surface area contributed by atoms with E-state index in [9.17, 15) is 9.59 Å². The van der Waals surface area contributed by atoms with Gasteiger partial charge in [-0.2, -0.15) is 5.10 Å². The predicted molar refractivity (Wildman–Crippen MR) is 142 cm³/mol. The number of nitrogens with two attached hydrogens (primary N) is 1. The normalized spacial score (nSPS) is 15.3. The smallest absolute Gasteiger partial charge is 0.321 e. The van der Waals surface area contributed by atoms with Crippen molar-refractivity contribution in [1.82, 2.24) is 25.1 Å². The van der Waals surface area contributed by atoms with Crippen LogP contribution in [0, 0.1) is 6.92 Å². The van der Waals surface area contributed by atoms with Gasteiger partial charge < -0.3 is 21.3 Å². The van der Waals surface area contributed by atoms with E-state index in [4.69, 9.17) is 5.73 Å². The molecule has 188 valence electrons. The molecule has 0 radical (unpaired) electrons. The molecular weight excluding hydrogens is 468 g/mol. The van der Waals surface area contributed by atoms with Crippen molar-refractivity contribution in [2.75, 3.05) is 23.7 Å². The lowest BCUT2D eigenvalue weighted by molar-refractivity contribution is 0.100. The summed E-state index contributed by atoms with van der Waals surface area (Å²) in [6.45, 7) is 3.49. The van der Waals surface area contributed by atoms with Crippen LogP contribution in [0.1, 0.15) is 40.2 Å². The number of amides is 3. The number of hydrogen-bond acceptors (Lipinski definition) is 6. The van der Waals surface area contributed by atoms with Gasteiger partial charge in [-0.15, -0.1) is 0 Å². The summed E-state index contributed by atoms with van der Waals surface area (Å²) in [6.07, 6.45) is 6.63. The molecule has 0 bridgehead atoms. The summed E-state index contributed by atoms with van der Waals surface area (Å²) in [7, 11) is 0. The molecule has 0 aliphatic carbocycles. The number of likely N-dealkylation sites (tertiary alicyclic amines) is 1. The molecule has 5 rings (SSSR count). The van der Waals surface area contributed by atoms with Crippen molar-refractivity contribution in [3.63, 3.8) is 0 Å². The van der Waals surface area contributed by atoms with E-state index in [0.29, 0.717) is 41.0 Å². The molecule has 1 fully saturated rings. The molecular formula is C27H28N8O2. The van der Waals surface area contributed by atoms with Crippen LogP contribution in [0.15, 0.2) is 67.1 Å². The van der Waals surface area contributed by atoms with Gasteiger partial charge in [-0.1, -0.05) is 42.0 Å². The highest BCUT2D eigenvalue weighted by molar-refractivity contribution is 6.04. The Kier molecular flexibility index (Phi) is 6.80. The first-order chi connectivity index (χ1) is 18.0. The molecule has 2 aromatic carbocycles. The van der Waals surface area contributed by atoms with Crippen LogP contribution in [0.4, 0.5) is 22.1 Å². The lowest BCUT2D eigenvalue weighted by Crippen LogP contribution is -2.41. The zero-order valence-electron chi connectivity index (χ0n) is 20.4. The number of carbonyl (C=O) groups excluding carboxylic acids is 2. The molecule has 5 N–H and O–H groups in total. The summed E-state index contributed by atoms with van der Waals surface area (Å²) < 4.78 is 0. The molecule has 0 saturated carbocycles. The highest BCUT2D eigenvalue weighted by atomic mass is 16.2. The molecule has 1 saturated heterocycles. The molecule has 10 heteroatoms. The fourth-order valence-corrected chi connectivity index (χ4v) is 4.56. The van der Waals surface area contributed by atoms with Gasteiger partial charge in [0, 0.05) is 42.7 Å². The molecule has 1 atom stereocenters. The average molecular weight is 497 g/mol. The van der Waals surface area contributed by atoms with E-state index in [1.165, 1.54) is 23.5 Å². The van der Waals surface area contributed by atoms with Gasteiger partial charge in [-0.25, -0.2) is 9.78 Å². The molecule has 3 heterocycles. The Hall–Kier alpha value is -4.73. The van der Waals surface area contributed by atoms with Crippen LogP contribution in [-0.2, 0) is 0 Å². The van der Waals surface area contributed by atoms with Crippen molar-refractivity contribution in [2.45, 2.75) is 25.7 Å². The quantitative estimate of drug-likeness (QED) is 0.311. The minimum Gasteiger partial charge on any atom is -0.365 e. The molecule has 3 amide bonds. The number of hydrogen-bond donors (Lipinski definition) is 4. The molecule has 0 spiro atoms. The van der Waals surface area contributed by atoms with Gasteiger partial charge in [0.25, 0.3) is 5.91 Å². The van der Waals surface area contributed by atoms with Crippen LogP contribution in [0.25, 0.3) is 11.3 Å². The maximum atomic E-state index is 13.0. The van der Waals surface area contributed by atoms with Crippen molar-refractivity contribution in [2.24, 2.45) is 5.73 Å². The number of primary amides is 1. The number of aromatic amines is 1. The second-order valence-electron chi connectivity index (χ2n) is 9.11. The number of anilines is 3. The van der Waals surface area contributed by atoms with Crippen LogP contribution in [0.3, 0.4) is 0 Å². The number of rotatable bonds is 6. The Morgan fingerprint density at radius 3 is 2.57 bits per heavy atom. The number of H-pyrrole nitrogens is 1. The first-order valence-corrected chi connectivity index (χ1v) is 12.1. The maximum Gasteiger partial charge on any atom is 0.321 e. The highest BCUT2D eigenvalue weighted by Gasteiger charge is 2.25. The average Bonchev–Trinajstić information content (AvgIpc) is 3.34. The molecule has 2 aromatic heterocycles. The largest absolute Gasteiger partial charge is 0.365 e. The third-order valence-corrected chi connectivity index (χ3v) is 6.50. The monoisotopic (exact) mass is 496 g/mol. The first-order valence-electron chi connectivity index (χ1n) is 12.1. The van der Waals surface area contributed by atoms with Gasteiger partial charge in [-0.05, 0) is 37.5 Å². The maximum absolute atomic E-state index is 13.0. The number of nitrogens with zero attached hydrogens (tertiary/aromatic N) is 4. The summed E-state index contributed by atoms with van der Waals surface area (Å²) >= 11 is 0. The topological polar surface area (TPSA) is 142 Å². The van der Waals surface area contributed by atoms with Gasteiger partial charge in [0.05, 0.1) is 6.20 Å². The van der Waals surface area contributed by atoms with Crippen LogP contribution in [0.5, 0.6) is 0 Å². The zero-order chi connectivity index (χ0) is 25.8. The molecule has 4 aromatic rings. The second-order valence-corrected chi connectivity index (χ2v) is 9.11. The van der Waals surface area contributed by atoms with Crippen molar-refractivity contribution in [3.05, 3.63) is 83.8 Å². The Bertz CT molecular complexity index is 1380. The number of urea groups is 1. The molecule has 1 unspecified atom stereocenters. The van der Waals surface area contributed by atoms with Gasteiger partial charge >= 0.3 is 6.03 Å². The van der Waals surface area contributed by atoms with Crippen molar-refractivity contribution in [3.8, 4) is 11.3 Å². The standard InChI is InChI=1S/C27H28N8O2/c1-17-4-6-18(7-5-17)20-3-2-14-35(16-20)27(37)31-21-10-8-19(9-11-21)24-23(25(28)36)26(34-33-24)32-22-15-29-12-13-30-22/h4-13,15,20H,2-3,14,16H2,1H3,(H2,28,36)(H,31,37)(H2,30,32,33,34). The fraction of sp³-hybridized carbons (Fsp3) is 0.222. The summed E-state index contributed by atoms with van der Waals surface area (Å²) in [6, 6.07) is 15.6. The van der Waals surface area contributed by atoms with Gasteiger partial charge in [0.1, 0.15) is 22.9 Å². The lowest BCUT2D eigenvalue weighted by Gasteiger charge is -2.33. The Morgan fingerprint density at radius 1 is 1.08 bits per heavy atom. The Labute approximate surface area is 214 Å². The van der Waals surface area contributed by atoms with Crippen molar-refractivity contribution in [1.29, 1.82) is 0 Å². The van der Waals surface area contributed by atoms with E-state index in [1.54, 1.807) is 30.5 Å². The SMILES string of the molecule is Cc1ccc(C2CCCN(C(=O)Nc3ccc(-c4n[nH]c(Nc5cnccn5)c4C(N)=O)cc3)C2)cc1. The van der Waals surface area contributed by atoms with E-state index in [1.807, 2.05) is 4.90 Å². The summed E-state index contributed by atoms with van der Waals surface area (Å²) in [5.74, 6) is 0.467. The zero-order valence-corrected chi connectivity index (χ0v) is 20.4. The number of aromatic nitrogens is 4. The lowest BCUT2D eigenvalue weighted by atomic mass is 9.90. The fourth-order valence-electron chi connectivity index (χ4n) is 4.56. The summed E-state index contributed by atoms with van der Waals surface area (Å²) in [5, 5.41) is 13.1. The molecule has 1 aliphatic rings. The van der Waals surface area contributed by atoms with Gasteiger partial charge in [-0.3, -0.25) is 14.9 Å². The van der Waals surface area contributed by atoms with E-state index in [0.717, 1.165) is 19.4 Å². The first kappa shape index (κ1) is 24.0. The van der Waals surface area contributed by atoms with Crippen LogP contribution >= 0.6 is 0 Å². The number of benzene rings is 2. The molecule has 37 heavy (non-hydrogen) atoms. The molecule has 10 nitrogen and oxygen atoms in total. The predicted octanol–water partition coefficient (Wildman–Crippen LogP) is 4.43. The highest BCUT2D eigenvalue weighted by Crippen LogP contribution is 2.30. The number of carbonyl (C=O) groups is 2. The van der Waals surface area contributed by atoms with Crippen LogP contribution in [0.2, 0.25) is 0 Å². The minimum absolute atomic E-state index is 0.127. The number of piperidine rings is 1. The third kappa shape index (κ3) is 5.43. The van der Waals surface area contributed by atoms with E-state index < -0.39 is 5.91 Å². The van der Waals surface area contributed by atoms with Crippen LogP contribution < -0.4 is 16.4 Å². The second kappa shape index (κ2) is 10.5. The number of aryl methyl sites for hydroxylation is 1. The third-order valence-electron chi connectivity index (χ3n) is 6.50. The summed E-state index contributed by atoms with van der Waals surface area (Å²) in [4.78, 5) is 35.2. The summed E-state index contributed by atoms with van der Waals surface area (Å²) in [5.41, 5.74) is 10.1.